The van der Waals surface area contributed by atoms with Gasteiger partial charge in [-0.3, -0.25) is 4.79 Å². The van der Waals surface area contributed by atoms with Gasteiger partial charge in [-0.15, -0.1) is 12.4 Å². The van der Waals surface area contributed by atoms with E-state index < -0.39 is 5.82 Å². The smallest absolute Gasteiger partial charge is 0.258 e. The van der Waals surface area contributed by atoms with Gasteiger partial charge in [-0.05, 0) is 24.6 Å². The van der Waals surface area contributed by atoms with Crippen molar-refractivity contribution in [2.24, 2.45) is 0 Å². The van der Waals surface area contributed by atoms with Crippen LogP contribution in [0.3, 0.4) is 0 Å². The van der Waals surface area contributed by atoms with E-state index in [4.69, 9.17) is 9.47 Å². The standard InChI is InChI=1S/C14H19FN2O3.ClH/c1-9-3-4-10(15)12(5-9)20-8-14(18)17-11-6-16-7-13(11)19-2;/h3-5,11,13,16H,6-8H2,1-2H3,(H,17,18);1H. The first-order chi connectivity index (χ1) is 9.60. The van der Waals surface area contributed by atoms with E-state index >= 15 is 0 Å². The summed E-state index contributed by atoms with van der Waals surface area (Å²) in [7, 11) is 1.61. The van der Waals surface area contributed by atoms with Crippen LogP contribution < -0.4 is 15.4 Å². The molecule has 1 aromatic rings. The minimum absolute atomic E-state index is 0. The van der Waals surface area contributed by atoms with Gasteiger partial charge in [0.1, 0.15) is 0 Å². The lowest BCUT2D eigenvalue weighted by Crippen LogP contribution is -2.45. The lowest BCUT2D eigenvalue weighted by Gasteiger charge is -2.18. The largest absolute Gasteiger partial charge is 0.481 e. The third kappa shape index (κ3) is 4.84. The Bertz CT molecular complexity index is 487. The van der Waals surface area contributed by atoms with Crippen LogP contribution in [-0.4, -0.2) is 44.9 Å². The molecular formula is C14H20ClFN2O3. The summed E-state index contributed by atoms with van der Waals surface area (Å²) in [5, 5.41) is 5.94. The van der Waals surface area contributed by atoms with Gasteiger partial charge in [0.25, 0.3) is 5.91 Å². The first-order valence-electron chi connectivity index (χ1n) is 6.52. The van der Waals surface area contributed by atoms with Crippen molar-refractivity contribution in [1.29, 1.82) is 0 Å². The van der Waals surface area contributed by atoms with E-state index in [-0.39, 0.29) is 42.8 Å². The number of rotatable bonds is 5. The number of hydrogen-bond donors (Lipinski definition) is 2. The van der Waals surface area contributed by atoms with E-state index in [1.807, 2.05) is 6.92 Å². The maximum Gasteiger partial charge on any atom is 0.258 e. The predicted octanol–water partition coefficient (Wildman–Crippen LogP) is 1.04. The molecule has 0 spiro atoms. The quantitative estimate of drug-likeness (QED) is 0.851. The van der Waals surface area contributed by atoms with Crippen LogP contribution in [-0.2, 0) is 9.53 Å². The second-order valence-electron chi connectivity index (χ2n) is 4.83. The SMILES string of the molecule is COC1CNCC1NC(=O)COc1cc(C)ccc1F.Cl. The minimum Gasteiger partial charge on any atom is -0.481 e. The summed E-state index contributed by atoms with van der Waals surface area (Å²) in [6.07, 6.45) is -0.0466. The Morgan fingerprint density at radius 1 is 1.48 bits per heavy atom. The number of methoxy groups -OCH3 is 1. The van der Waals surface area contributed by atoms with Crippen LogP contribution in [0, 0.1) is 12.7 Å². The number of nitrogens with one attached hydrogen (secondary N) is 2. The van der Waals surface area contributed by atoms with Gasteiger partial charge in [0.2, 0.25) is 0 Å². The Kier molecular flexibility index (Phi) is 6.87. The zero-order valence-corrected chi connectivity index (χ0v) is 12.8. The van der Waals surface area contributed by atoms with Crippen molar-refractivity contribution in [3.8, 4) is 5.75 Å². The second-order valence-corrected chi connectivity index (χ2v) is 4.83. The Morgan fingerprint density at radius 3 is 2.95 bits per heavy atom. The van der Waals surface area contributed by atoms with Crippen molar-refractivity contribution in [2.75, 3.05) is 26.8 Å². The molecule has 0 saturated carbocycles. The molecule has 1 amide bonds. The van der Waals surface area contributed by atoms with Crippen LogP contribution in [0.4, 0.5) is 4.39 Å². The molecule has 1 heterocycles. The predicted molar refractivity (Wildman–Crippen MR) is 79.5 cm³/mol. The highest BCUT2D eigenvalue weighted by atomic mass is 35.5. The van der Waals surface area contributed by atoms with Crippen molar-refractivity contribution in [1.82, 2.24) is 10.6 Å². The molecule has 0 aromatic heterocycles. The maximum atomic E-state index is 13.5. The molecule has 7 heteroatoms. The van der Waals surface area contributed by atoms with E-state index in [9.17, 15) is 9.18 Å². The number of amides is 1. The summed E-state index contributed by atoms with van der Waals surface area (Å²) < 4.78 is 23.9. The molecule has 1 fully saturated rings. The van der Waals surface area contributed by atoms with E-state index in [1.165, 1.54) is 6.07 Å². The Hall–Kier alpha value is -1.37. The van der Waals surface area contributed by atoms with Crippen molar-refractivity contribution < 1.29 is 18.7 Å². The molecule has 0 radical (unpaired) electrons. The van der Waals surface area contributed by atoms with E-state index in [0.29, 0.717) is 13.1 Å². The van der Waals surface area contributed by atoms with E-state index in [0.717, 1.165) is 5.56 Å². The molecule has 0 bridgehead atoms. The number of carbonyl (C=O) groups excluding carboxylic acids is 1. The summed E-state index contributed by atoms with van der Waals surface area (Å²) in [4.78, 5) is 11.8. The van der Waals surface area contributed by atoms with Gasteiger partial charge in [0, 0.05) is 20.2 Å². The van der Waals surface area contributed by atoms with Crippen LogP contribution in [0.2, 0.25) is 0 Å². The van der Waals surface area contributed by atoms with Gasteiger partial charge in [-0.25, -0.2) is 4.39 Å². The van der Waals surface area contributed by atoms with E-state index in [1.54, 1.807) is 19.2 Å². The molecule has 2 unspecified atom stereocenters. The zero-order valence-electron chi connectivity index (χ0n) is 12.0. The third-order valence-electron chi connectivity index (χ3n) is 3.25. The molecule has 118 valence electrons. The van der Waals surface area contributed by atoms with Crippen LogP contribution >= 0.6 is 12.4 Å². The molecular weight excluding hydrogens is 299 g/mol. The highest BCUT2D eigenvalue weighted by Gasteiger charge is 2.28. The minimum atomic E-state index is -0.472. The lowest BCUT2D eigenvalue weighted by molar-refractivity contribution is -0.124. The maximum absolute atomic E-state index is 13.5. The molecule has 1 aliphatic heterocycles. The Labute approximate surface area is 129 Å². The fourth-order valence-electron chi connectivity index (χ4n) is 2.16. The summed E-state index contributed by atoms with van der Waals surface area (Å²) in [6, 6.07) is 4.45. The molecule has 2 N–H and O–H groups in total. The molecule has 0 aliphatic carbocycles. The highest BCUT2D eigenvalue weighted by Crippen LogP contribution is 2.18. The topological polar surface area (TPSA) is 59.6 Å². The van der Waals surface area contributed by atoms with Gasteiger partial charge in [-0.2, -0.15) is 0 Å². The monoisotopic (exact) mass is 318 g/mol. The molecule has 1 aromatic carbocycles. The highest BCUT2D eigenvalue weighted by molar-refractivity contribution is 5.85. The Balaban J connectivity index is 0.00000220. The molecule has 2 rings (SSSR count). The van der Waals surface area contributed by atoms with Crippen molar-refractivity contribution in [3.63, 3.8) is 0 Å². The Morgan fingerprint density at radius 2 is 2.24 bits per heavy atom. The van der Waals surface area contributed by atoms with E-state index in [2.05, 4.69) is 10.6 Å². The number of ether oxygens (including phenoxy) is 2. The first-order valence-corrected chi connectivity index (χ1v) is 6.52. The van der Waals surface area contributed by atoms with Crippen LogP contribution in [0.5, 0.6) is 5.75 Å². The summed E-state index contributed by atoms with van der Waals surface area (Å²) in [5.41, 5.74) is 0.876. The molecule has 5 nitrogen and oxygen atoms in total. The van der Waals surface area contributed by atoms with Gasteiger partial charge in [0.15, 0.2) is 18.2 Å². The summed E-state index contributed by atoms with van der Waals surface area (Å²) in [5.74, 6) is -0.671. The van der Waals surface area contributed by atoms with Crippen LogP contribution in [0.15, 0.2) is 18.2 Å². The molecule has 2 atom stereocenters. The summed E-state index contributed by atoms with van der Waals surface area (Å²) >= 11 is 0. The number of hydrogen-bond acceptors (Lipinski definition) is 4. The van der Waals surface area contributed by atoms with Gasteiger partial charge in [0.05, 0.1) is 12.1 Å². The number of benzene rings is 1. The normalized spacial score (nSPS) is 20.7. The van der Waals surface area contributed by atoms with Crippen molar-refractivity contribution >= 4 is 18.3 Å². The first kappa shape index (κ1) is 17.7. The third-order valence-corrected chi connectivity index (χ3v) is 3.25. The fraction of sp³-hybridized carbons (Fsp3) is 0.500. The molecule has 1 saturated heterocycles. The number of carbonyl (C=O) groups is 1. The van der Waals surface area contributed by atoms with Crippen molar-refractivity contribution in [3.05, 3.63) is 29.6 Å². The van der Waals surface area contributed by atoms with Crippen LogP contribution in [0.25, 0.3) is 0 Å². The van der Waals surface area contributed by atoms with Gasteiger partial charge >= 0.3 is 0 Å². The average Bonchev–Trinajstić information content (AvgIpc) is 2.87. The lowest BCUT2D eigenvalue weighted by atomic mass is 10.2. The summed E-state index contributed by atoms with van der Waals surface area (Å²) in [6.45, 7) is 2.98. The zero-order chi connectivity index (χ0) is 14.5. The van der Waals surface area contributed by atoms with Gasteiger partial charge in [-0.1, -0.05) is 6.07 Å². The fourth-order valence-corrected chi connectivity index (χ4v) is 2.16. The average molecular weight is 319 g/mol. The van der Waals surface area contributed by atoms with Crippen LogP contribution in [0.1, 0.15) is 5.56 Å². The molecule has 21 heavy (non-hydrogen) atoms. The second kappa shape index (κ2) is 8.17. The molecule has 1 aliphatic rings. The number of halogens is 2. The van der Waals surface area contributed by atoms with Crippen molar-refractivity contribution in [2.45, 2.75) is 19.1 Å². The van der Waals surface area contributed by atoms with Gasteiger partial charge < -0.3 is 20.1 Å². The number of aryl methyl sites for hydroxylation is 1.